The number of ketones is 1. The molecule has 0 fully saturated rings. The number of nitrogens with zero attached hydrogens (tertiary/aromatic N) is 2. The molecule has 0 spiro atoms. The van der Waals surface area contributed by atoms with Crippen molar-refractivity contribution >= 4 is 27.7 Å². The number of aromatic nitrogens is 2. The largest absolute Gasteiger partial charge is 0.456 e. The molecule has 0 saturated carbocycles. The average molecular weight is 353 g/mol. The highest BCUT2D eigenvalue weighted by molar-refractivity contribution is 9.10. The number of rotatable bonds is 6. The molecule has 0 aliphatic carbocycles. The van der Waals surface area contributed by atoms with E-state index in [9.17, 15) is 9.59 Å². The molecule has 6 nitrogen and oxygen atoms in total. The monoisotopic (exact) mass is 352 g/mol. The van der Waals surface area contributed by atoms with Gasteiger partial charge in [0.05, 0.1) is 6.42 Å². The van der Waals surface area contributed by atoms with Crippen molar-refractivity contribution in [3.8, 4) is 0 Å². The van der Waals surface area contributed by atoms with Gasteiger partial charge in [0.25, 0.3) is 5.89 Å². The fraction of sp³-hybridized carbons (Fsp3) is 0.286. The van der Waals surface area contributed by atoms with Gasteiger partial charge in [0.1, 0.15) is 0 Å². The maximum Gasteiger partial charge on any atom is 0.306 e. The van der Waals surface area contributed by atoms with Crippen LogP contribution in [0, 0.1) is 6.92 Å². The maximum atomic E-state index is 11.9. The zero-order chi connectivity index (χ0) is 15.2. The van der Waals surface area contributed by atoms with Crippen molar-refractivity contribution < 1.29 is 18.7 Å². The number of carbonyl (C=O) groups excluding carboxylic acids is 2. The van der Waals surface area contributed by atoms with Gasteiger partial charge in [-0.1, -0.05) is 28.1 Å². The van der Waals surface area contributed by atoms with Gasteiger partial charge in [0.15, 0.2) is 12.4 Å². The number of hydrogen-bond donors (Lipinski definition) is 0. The molecule has 0 bridgehead atoms. The quantitative estimate of drug-likeness (QED) is 0.587. The smallest absolute Gasteiger partial charge is 0.306 e. The van der Waals surface area contributed by atoms with Crippen LogP contribution in [-0.4, -0.2) is 21.9 Å². The lowest BCUT2D eigenvalue weighted by Gasteiger charge is -2.02. The fourth-order valence-electron chi connectivity index (χ4n) is 1.61. The number of esters is 1. The molecule has 21 heavy (non-hydrogen) atoms. The van der Waals surface area contributed by atoms with Gasteiger partial charge in [-0.2, -0.15) is 0 Å². The molecular weight excluding hydrogens is 340 g/mol. The zero-order valence-corrected chi connectivity index (χ0v) is 12.9. The number of carbonyl (C=O) groups is 2. The van der Waals surface area contributed by atoms with Crippen LogP contribution in [0.1, 0.15) is 35.0 Å². The summed E-state index contributed by atoms with van der Waals surface area (Å²) in [7, 11) is 0. The molecule has 2 rings (SSSR count). The molecule has 1 heterocycles. The predicted octanol–water partition coefficient (Wildman–Crippen LogP) is 2.85. The number of aryl methyl sites for hydroxylation is 1. The van der Waals surface area contributed by atoms with Crippen molar-refractivity contribution in [2.45, 2.75) is 26.4 Å². The SMILES string of the molecule is Cc1nnc(COC(=O)CCC(=O)c2ccc(Br)cc2)o1. The molecule has 1 aromatic heterocycles. The Morgan fingerprint density at radius 1 is 1.19 bits per heavy atom. The minimum absolute atomic E-state index is 0.0159. The molecule has 0 N–H and O–H groups in total. The summed E-state index contributed by atoms with van der Waals surface area (Å²) in [6.45, 7) is 1.57. The second-order valence-electron chi connectivity index (χ2n) is 4.31. The van der Waals surface area contributed by atoms with E-state index in [2.05, 4.69) is 26.1 Å². The number of ether oxygens (including phenoxy) is 1. The van der Waals surface area contributed by atoms with E-state index in [1.165, 1.54) is 0 Å². The molecule has 7 heteroatoms. The Balaban J connectivity index is 1.75. The van der Waals surface area contributed by atoms with Crippen LogP contribution in [0.3, 0.4) is 0 Å². The summed E-state index contributed by atoms with van der Waals surface area (Å²) < 4.78 is 10.9. The van der Waals surface area contributed by atoms with Crippen molar-refractivity contribution in [3.63, 3.8) is 0 Å². The van der Waals surface area contributed by atoms with E-state index in [4.69, 9.17) is 9.15 Å². The normalized spacial score (nSPS) is 10.4. The molecule has 0 saturated heterocycles. The predicted molar refractivity (Wildman–Crippen MR) is 76.5 cm³/mol. The standard InChI is InChI=1S/C14H13BrN2O4/c1-9-16-17-13(21-9)8-20-14(19)7-6-12(18)10-2-4-11(15)5-3-10/h2-5H,6-8H2,1H3. The first-order chi connectivity index (χ1) is 10.0. The second-order valence-corrected chi connectivity index (χ2v) is 5.22. The summed E-state index contributed by atoms with van der Waals surface area (Å²) in [6, 6.07) is 6.98. The molecule has 0 amide bonds. The van der Waals surface area contributed by atoms with E-state index >= 15 is 0 Å². The van der Waals surface area contributed by atoms with Crippen molar-refractivity contribution in [3.05, 3.63) is 46.1 Å². The van der Waals surface area contributed by atoms with Gasteiger partial charge in [0.2, 0.25) is 5.89 Å². The van der Waals surface area contributed by atoms with E-state index < -0.39 is 5.97 Å². The highest BCUT2D eigenvalue weighted by Crippen LogP contribution is 2.13. The van der Waals surface area contributed by atoms with E-state index in [-0.39, 0.29) is 31.1 Å². The van der Waals surface area contributed by atoms with Gasteiger partial charge in [-0.15, -0.1) is 10.2 Å². The summed E-state index contributed by atoms with van der Waals surface area (Å²) in [5.74, 6) is 0.0657. The Morgan fingerprint density at radius 2 is 1.90 bits per heavy atom. The van der Waals surface area contributed by atoms with Crippen LogP contribution in [0.4, 0.5) is 0 Å². The molecule has 110 valence electrons. The van der Waals surface area contributed by atoms with Crippen molar-refractivity contribution in [2.24, 2.45) is 0 Å². The zero-order valence-electron chi connectivity index (χ0n) is 11.3. The summed E-state index contributed by atoms with van der Waals surface area (Å²) >= 11 is 3.30. The Morgan fingerprint density at radius 3 is 2.52 bits per heavy atom. The number of benzene rings is 1. The minimum Gasteiger partial charge on any atom is -0.456 e. The lowest BCUT2D eigenvalue weighted by atomic mass is 10.1. The van der Waals surface area contributed by atoms with Crippen LogP contribution in [0.25, 0.3) is 0 Å². The molecule has 2 aromatic rings. The third kappa shape index (κ3) is 4.78. The van der Waals surface area contributed by atoms with Gasteiger partial charge in [0, 0.05) is 23.4 Å². The average Bonchev–Trinajstić information content (AvgIpc) is 2.89. The van der Waals surface area contributed by atoms with E-state index in [1.54, 1.807) is 31.2 Å². The first-order valence-corrected chi connectivity index (χ1v) is 7.07. The third-order valence-corrected chi connectivity index (χ3v) is 3.18. The topological polar surface area (TPSA) is 82.3 Å². The third-order valence-electron chi connectivity index (χ3n) is 2.65. The van der Waals surface area contributed by atoms with Gasteiger partial charge in [-0.25, -0.2) is 0 Å². The number of halogens is 1. The van der Waals surface area contributed by atoms with Crippen molar-refractivity contribution in [2.75, 3.05) is 0 Å². The van der Waals surface area contributed by atoms with Gasteiger partial charge >= 0.3 is 5.97 Å². The summed E-state index contributed by atoms with van der Waals surface area (Å²) in [4.78, 5) is 23.4. The molecular formula is C14H13BrN2O4. The van der Waals surface area contributed by atoms with Crippen molar-refractivity contribution in [1.29, 1.82) is 0 Å². The first kappa shape index (κ1) is 15.4. The van der Waals surface area contributed by atoms with Gasteiger partial charge in [-0.05, 0) is 12.1 Å². The summed E-state index contributed by atoms with van der Waals surface area (Å²) in [5.41, 5.74) is 0.568. The van der Waals surface area contributed by atoms with Crippen LogP contribution in [0.15, 0.2) is 33.2 Å². The summed E-state index contributed by atoms with van der Waals surface area (Å²) in [5, 5.41) is 7.32. The fourth-order valence-corrected chi connectivity index (χ4v) is 1.87. The number of Topliss-reactive ketones (excluding diaryl/α,β-unsaturated/α-hetero) is 1. The first-order valence-electron chi connectivity index (χ1n) is 6.28. The summed E-state index contributed by atoms with van der Waals surface area (Å²) in [6.07, 6.45) is 0.116. The van der Waals surface area contributed by atoms with Crippen molar-refractivity contribution in [1.82, 2.24) is 10.2 Å². The Bertz CT molecular complexity index is 637. The molecule has 0 atom stereocenters. The highest BCUT2D eigenvalue weighted by Gasteiger charge is 2.11. The maximum absolute atomic E-state index is 11.9. The highest BCUT2D eigenvalue weighted by atomic mass is 79.9. The van der Waals surface area contributed by atoms with Crippen LogP contribution >= 0.6 is 15.9 Å². The lowest BCUT2D eigenvalue weighted by Crippen LogP contribution is -2.08. The minimum atomic E-state index is -0.476. The molecule has 0 unspecified atom stereocenters. The van der Waals surface area contributed by atoms with Gasteiger partial charge in [-0.3, -0.25) is 9.59 Å². The molecule has 0 aliphatic rings. The Hall–Kier alpha value is -2.02. The Labute approximate surface area is 129 Å². The van der Waals surface area contributed by atoms with E-state index in [1.807, 2.05) is 0 Å². The molecule has 0 aliphatic heterocycles. The van der Waals surface area contributed by atoms with Crippen LogP contribution in [0.2, 0.25) is 0 Å². The van der Waals surface area contributed by atoms with Crippen LogP contribution < -0.4 is 0 Å². The van der Waals surface area contributed by atoms with E-state index in [0.717, 1.165) is 4.47 Å². The van der Waals surface area contributed by atoms with Gasteiger partial charge < -0.3 is 9.15 Å². The number of hydrogen-bond acceptors (Lipinski definition) is 6. The lowest BCUT2D eigenvalue weighted by molar-refractivity contribution is -0.145. The Kier molecular flexibility index (Phi) is 5.21. The van der Waals surface area contributed by atoms with Crippen LogP contribution in [-0.2, 0) is 16.1 Å². The molecule has 0 radical (unpaired) electrons. The van der Waals surface area contributed by atoms with Crippen LogP contribution in [0.5, 0.6) is 0 Å². The molecule has 1 aromatic carbocycles. The second kappa shape index (κ2) is 7.12. The van der Waals surface area contributed by atoms with E-state index in [0.29, 0.717) is 11.5 Å².